The highest BCUT2D eigenvalue weighted by atomic mass is 35.5. The van der Waals surface area contributed by atoms with Crippen LogP contribution in [0.25, 0.3) is 33.4 Å². The molecule has 2 aromatic carbocycles. The van der Waals surface area contributed by atoms with Crippen LogP contribution < -0.4 is 10.2 Å². The van der Waals surface area contributed by atoms with Crippen molar-refractivity contribution < 1.29 is 4.39 Å². The highest BCUT2D eigenvalue weighted by molar-refractivity contribution is 6.31. The van der Waals surface area contributed by atoms with Crippen molar-refractivity contribution in [3.8, 4) is 28.5 Å². The van der Waals surface area contributed by atoms with Crippen LogP contribution in [0.5, 0.6) is 0 Å². The fraction of sp³-hybridized carbons (Fsp3) is 0.208. The maximum absolute atomic E-state index is 14.9. The van der Waals surface area contributed by atoms with Gasteiger partial charge in [-0.3, -0.25) is 5.10 Å². The highest BCUT2D eigenvalue weighted by Crippen LogP contribution is 2.39. The third-order valence-electron chi connectivity index (χ3n) is 5.84. The summed E-state index contributed by atoms with van der Waals surface area (Å²) in [5.41, 5.74) is 4.58. The second-order valence-corrected chi connectivity index (χ2v) is 8.16. The molecule has 0 unspecified atom stereocenters. The number of anilines is 1. The first-order valence-corrected chi connectivity index (χ1v) is 10.8. The van der Waals surface area contributed by atoms with Crippen molar-refractivity contribution >= 4 is 28.3 Å². The Balaban J connectivity index is 1.72. The largest absolute Gasteiger partial charge is 0.369 e. The van der Waals surface area contributed by atoms with Crippen LogP contribution in [0.1, 0.15) is 11.3 Å². The summed E-state index contributed by atoms with van der Waals surface area (Å²) in [5.74, 6) is -0.607. The van der Waals surface area contributed by atoms with Gasteiger partial charge < -0.3 is 10.2 Å². The number of halogens is 2. The molecule has 32 heavy (non-hydrogen) atoms. The lowest BCUT2D eigenvalue weighted by molar-refractivity contribution is 0.589. The molecule has 160 valence electrons. The monoisotopic (exact) mass is 446 g/mol. The fourth-order valence-corrected chi connectivity index (χ4v) is 4.42. The van der Waals surface area contributed by atoms with Crippen molar-refractivity contribution in [2.75, 3.05) is 31.1 Å². The molecule has 0 bridgehead atoms. The Labute approximate surface area is 189 Å². The number of nitriles is 1. The van der Waals surface area contributed by atoms with E-state index in [1.54, 1.807) is 12.1 Å². The Morgan fingerprint density at radius 1 is 1.12 bits per heavy atom. The first kappa shape index (κ1) is 20.4. The van der Waals surface area contributed by atoms with Crippen molar-refractivity contribution in [2.24, 2.45) is 0 Å². The van der Waals surface area contributed by atoms with Gasteiger partial charge in [-0.25, -0.2) is 9.37 Å². The smallest absolute Gasteiger partial charge is 0.182 e. The number of rotatable bonds is 3. The topological polar surface area (TPSA) is 80.6 Å². The summed E-state index contributed by atoms with van der Waals surface area (Å²) >= 11 is 6.01. The van der Waals surface area contributed by atoms with Gasteiger partial charge >= 0.3 is 0 Å². The zero-order valence-electron chi connectivity index (χ0n) is 17.4. The van der Waals surface area contributed by atoms with E-state index in [-0.39, 0.29) is 21.8 Å². The van der Waals surface area contributed by atoms with Crippen LogP contribution in [-0.2, 0) is 0 Å². The first-order valence-electron chi connectivity index (χ1n) is 10.4. The summed E-state index contributed by atoms with van der Waals surface area (Å²) in [6.45, 7) is 5.68. The molecule has 1 aliphatic heterocycles. The molecule has 0 aliphatic carbocycles. The molecule has 0 saturated carbocycles. The van der Waals surface area contributed by atoms with Gasteiger partial charge in [-0.1, -0.05) is 29.8 Å². The molecule has 6 nitrogen and oxygen atoms in total. The third-order valence-corrected chi connectivity index (χ3v) is 6.13. The number of H-pyrrole nitrogens is 1. The zero-order chi connectivity index (χ0) is 22.2. The van der Waals surface area contributed by atoms with Gasteiger partial charge in [-0.15, -0.1) is 0 Å². The van der Waals surface area contributed by atoms with Crippen LogP contribution in [0.15, 0.2) is 42.5 Å². The van der Waals surface area contributed by atoms with Crippen LogP contribution in [0.3, 0.4) is 0 Å². The number of aryl methyl sites for hydroxylation is 1. The average molecular weight is 447 g/mol. The van der Waals surface area contributed by atoms with Gasteiger partial charge in [0, 0.05) is 48.7 Å². The predicted molar refractivity (Wildman–Crippen MR) is 124 cm³/mol. The SMILES string of the molecule is Cc1[nH]nc2nc(-c3cccc(Cl)c3F)c(C#N)c(-c3ccc(N4CCNCC4)cc3)c12. The third kappa shape index (κ3) is 3.38. The van der Waals surface area contributed by atoms with Crippen LogP contribution >= 0.6 is 11.6 Å². The van der Waals surface area contributed by atoms with E-state index in [1.807, 2.05) is 19.1 Å². The lowest BCUT2D eigenvalue weighted by atomic mass is 9.93. The normalized spacial score (nSPS) is 14.0. The molecule has 1 fully saturated rings. The minimum atomic E-state index is -0.607. The zero-order valence-corrected chi connectivity index (χ0v) is 18.2. The number of nitrogens with one attached hydrogen (secondary N) is 2. The van der Waals surface area contributed by atoms with E-state index in [1.165, 1.54) is 6.07 Å². The van der Waals surface area contributed by atoms with Crippen molar-refractivity contribution in [2.45, 2.75) is 6.92 Å². The maximum atomic E-state index is 14.9. The summed E-state index contributed by atoms with van der Waals surface area (Å²) in [6, 6.07) is 15.1. The first-order chi connectivity index (χ1) is 15.6. The number of nitrogens with zero attached hydrogens (tertiary/aromatic N) is 4. The van der Waals surface area contributed by atoms with Crippen LogP contribution in [0.4, 0.5) is 10.1 Å². The van der Waals surface area contributed by atoms with Gasteiger partial charge in [0.05, 0.1) is 21.7 Å². The molecule has 4 aromatic rings. The number of aromatic nitrogens is 3. The lowest BCUT2D eigenvalue weighted by Gasteiger charge is -2.29. The molecule has 5 rings (SSSR count). The van der Waals surface area contributed by atoms with Crippen molar-refractivity contribution in [1.29, 1.82) is 5.26 Å². The molecule has 8 heteroatoms. The number of fused-ring (bicyclic) bond motifs is 1. The Kier molecular flexibility index (Phi) is 5.25. The molecule has 0 atom stereocenters. The highest BCUT2D eigenvalue weighted by Gasteiger charge is 2.23. The Morgan fingerprint density at radius 3 is 2.59 bits per heavy atom. The summed E-state index contributed by atoms with van der Waals surface area (Å²) in [7, 11) is 0. The standard InChI is InChI=1S/C24H20ClFN6/c1-14-20-21(15-5-7-16(8-6-15)32-11-9-28-10-12-32)18(13-27)23(29-24(20)31-30-14)17-3-2-4-19(25)22(17)26/h2-8,28H,9-12H2,1H3,(H,29,30,31). The van der Waals surface area contributed by atoms with E-state index in [2.05, 4.69) is 43.6 Å². The van der Waals surface area contributed by atoms with Gasteiger partial charge in [0.25, 0.3) is 0 Å². The summed E-state index contributed by atoms with van der Waals surface area (Å²) in [5, 5.41) is 21.5. The fourth-order valence-electron chi connectivity index (χ4n) is 4.24. The number of hydrogen-bond donors (Lipinski definition) is 2. The maximum Gasteiger partial charge on any atom is 0.182 e. The molecule has 3 heterocycles. The molecular formula is C24H20ClFN6. The quantitative estimate of drug-likeness (QED) is 0.478. The number of piperazine rings is 1. The average Bonchev–Trinajstić information content (AvgIpc) is 3.20. The molecule has 2 N–H and O–H groups in total. The number of hydrogen-bond acceptors (Lipinski definition) is 5. The van der Waals surface area contributed by atoms with Gasteiger partial charge in [0.2, 0.25) is 0 Å². The van der Waals surface area contributed by atoms with Gasteiger partial charge in [0.15, 0.2) is 11.5 Å². The van der Waals surface area contributed by atoms with Crippen molar-refractivity contribution in [3.05, 3.63) is 64.6 Å². The van der Waals surface area contributed by atoms with Crippen molar-refractivity contribution in [1.82, 2.24) is 20.5 Å². The Morgan fingerprint density at radius 2 is 1.88 bits per heavy atom. The summed E-state index contributed by atoms with van der Waals surface area (Å²) < 4.78 is 14.9. The van der Waals surface area contributed by atoms with E-state index in [9.17, 15) is 9.65 Å². The predicted octanol–water partition coefficient (Wildman–Crippen LogP) is 4.67. The Bertz CT molecular complexity index is 1350. The summed E-state index contributed by atoms with van der Waals surface area (Å²) in [4.78, 5) is 6.86. The van der Waals surface area contributed by atoms with Gasteiger partial charge in [-0.05, 0) is 36.8 Å². The van der Waals surface area contributed by atoms with Crippen LogP contribution in [0, 0.1) is 24.1 Å². The molecule has 1 aliphatic rings. The van der Waals surface area contributed by atoms with Gasteiger partial charge in [0.1, 0.15) is 6.07 Å². The van der Waals surface area contributed by atoms with E-state index < -0.39 is 5.82 Å². The molecule has 0 radical (unpaired) electrons. The Hall–Kier alpha value is -3.47. The molecular weight excluding hydrogens is 427 g/mol. The molecule has 2 aromatic heterocycles. The minimum absolute atomic E-state index is 0.0200. The second-order valence-electron chi connectivity index (χ2n) is 7.75. The molecule has 0 spiro atoms. The van der Waals surface area contributed by atoms with E-state index in [4.69, 9.17) is 11.6 Å². The molecule has 1 saturated heterocycles. The number of benzene rings is 2. The van der Waals surface area contributed by atoms with E-state index in [0.29, 0.717) is 11.2 Å². The molecule has 0 amide bonds. The van der Waals surface area contributed by atoms with Crippen LogP contribution in [-0.4, -0.2) is 41.4 Å². The second kappa shape index (κ2) is 8.23. The van der Waals surface area contributed by atoms with Crippen molar-refractivity contribution in [3.63, 3.8) is 0 Å². The minimum Gasteiger partial charge on any atom is -0.369 e. The van der Waals surface area contributed by atoms with Gasteiger partial charge in [-0.2, -0.15) is 10.4 Å². The van der Waals surface area contributed by atoms with E-state index >= 15 is 0 Å². The number of pyridine rings is 1. The van der Waals surface area contributed by atoms with E-state index in [0.717, 1.165) is 48.5 Å². The summed E-state index contributed by atoms with van der Waals surface area (Å²) in [6.07, 6.45) is 0. The lowest BCUT2D eigenvalue weighted by Crippen LogP contribution is -2.43. The number of aromatic amines is 1. The van der Waals surface area contributed by atoms with Crippen LogP contribution in [0.2, 0.25) is 5.02 Å².